The summed E-state index contributed by atoms with van der Waals surface area (Å²) in [6.45, 7) is -0.192. The Kier molecular flexibility index (Phi) is 30.2. The second-order valence-electron chi connectivity index (χ2n) is 17.9. The second kappa shape index (κ2) is 33.6. The lowest BCUT2D eigenvalue weighted by atomic mass is 9.90. The first-order chi connectivity index (χ1) is 34.4. The highest BCUT2D eigenvalue weighted by Gasteiger charge is 2.47. The molecule has 72 heavy (non-hydrogen) atoms. The van der Waals surface area contributed by atoms with Crippen LogP contribution in [0.25, 0.3) is 0 Å². The lowest BCUT2D eigenvalue weighted by molar-refractivity contribution is -0.284. The molecule has 20 atom stereocenters. The van der Waals surface area contributed by atoms with Crippen LogP contribution in [0.5, 0.6) is 0 Å². The summed E-state index contributed by atoms with van der Waals surface area (Å²) in [6, 6.07) is 0. The van der Waals surface area contributed by atoms with Crippen LogP contribution >= 0.6 is 59.3 Å². The number of nitrogens with one attached hydrogen (secondary N) is 2. The molecule has 4 aliphatic heterocycles. The van der Waals surface area contributed by atoms with E-state index in [2.05, 4.69) is 10.6 Å². The van der Waals surface area contributed by atoms with Crippen molar-refractivity contribution in [1.82, 2.24) is 10.6 Å². The van der Waals surface area contributed by atoms with Crippen molar-refractivity contribution < 1.29 is 114 Å². The Morgan fingerprint density at radius 3 is 1.24 bits per heavy atom. The summed E-state index contributed by atoms with van der Waals surface area (Å²) >= 11 is 10.6. The summed E-state index contributed by atoms with van der Waals surface area (Å²) in [6.07, 6.45) is -20.9. The molecule has 17 N–H and O–H groups in total. The van der Waals surface area contributed by atoms with E-state index < -0.39 is 145 Å². The molecule has 0 aliphatic carbocycles. The van der Waals surface area contributed by atoms with Crippen molar-refractivity contribution in [3.63, 3.8) is 0 Å². The van der Waals surface area contributed by atoms with E-state index in [1.807, 2.05) is 0 Å². The van der Waals surface area contributed by atoms with Crippen molar-refractivity contribution in [2.45, 2.75) is 140 Å². The van der Waals surface area contributed by atoms with Gasteiger partial charge in [0, 0.05) is 51.5 Å². The summed E-state index contributed by atoms with van der Waals surface area (Å²) in [5.74, 6) is 2.02. The van der Waals surface area contributed by atoms with Crippen molar-refractivity contribution in [2.75, 3.05) is 108 Å². The third-order valence-electron chi connectivity index (χ3n) is 12.3. The molecule has 0 aromatic heterocycles. The van der Waals surface area contributed by atoms with Crippen molar-refractivity contribution >= 4 is 64.4 Å². The van der Waals surface area contributed by atoms with E-state index in [4.69, 9.17) is 50.1 Å². The number of aliphatic hydroxyl groups excluding tert-OH is 15. The normalized spacial score (nSPS) is 37.7. The largest absolute Gasteiger partial charge is 0.394 e. The lowest BCUT2D eigenvalue weighted by Crippen LogP contribution is -2.58. The van der Waals surface area contributed by atoms with Gasteiger partial charge in [0.1, 0.15) is 108 Å². The summed E-state index contributed by atoms with van der Waals surface area (Å²) in [5, 5.41) is 159. The molecule has 25 nitrogen and oxygen atoms in total. The van der Waals surface area contributed by atoms with E-state index in [0.717, 1.165) is 0 Å². The third kappa shape index (κ3) is 19.2. The molecule has 0 amide bonds. The van der Waals surface area contributed by atoms with Crippen LogP contribution in [0, 0.1) is 5.41 Å². The van der Waals surface area contributed by atoms with E-state index in [-0.39, 0.29) is 57.1 Å². The molecule has 0 aromatic rings. The number of thioether (sulfide) groups is 4. The van der Waals surface area contributed by atoms with E-state index in [1.54, 1.807) is 0 Å². The third-order valence-corrected chi connectivity index (χ3v) is 17.3. The Morgan fingerprint density at radius 1 is 0.486 bits per heavy atom. The molecule has 0 spiro atoms. The highest BCUT2D eigenvalue weighted by atomic mass is 32.2. The molecular weight excluding hydrogens is 1060 g/mol. The molecule has 4 fully saturated rings. The molecule has 0 bridgehead atoms. The molecule has 4 aliphatic rings. The van der Waals surface area contributed by atoms with Gasteiger partial charge < -0.3 is 125 Å². The smallest absolute Gasteiger partial charge is 0.186 e. The summed E-state index contributed by atoms with van der Waals surface area (Å²) in [5.41, 5.74) is -3.63. The summed E-state index contributed by atoms with van der Waals surface area (Å²) in [7, 11) is 1.32. The predicted octanol–water partition coefficient (Wildman–Crippen LogP) is -6.56. The van der Waals surface area contributed by atoms with Crippen LogP contribution < -0.4 is 10.6 Å². The lowest BCUT2D eigenvalue weighted by Gasteiger charge is -2.39. The molecule has 0 unspecified atom stereocenters. The van der Waals surface area contributed by atoms with Crippen LogP contribution in [-0.4, -0.2) is 310 Å². The van der Waals surface area contributed by atoms with Crippen molar-refractivity contribution in [2.24, 2.45) is 5.41 Å². The van der Waals surface area contributed by atoms with Gasteiger partial charge >= 0.3 is 0 Å². The van der Waals surface area contributed by atoms with Crippen molar-refractivity contribution in [1.29, 1.82) is 0 Å². The Morgan fingerprint density at radius 2 is 0.861 bits per heavy atom. The Balaban J connectivity index is 1.37. The Labute approximate surface area is 440 Å². The highest BCUT2D eigenvalue weighted by molar-refractivity contribution is 8.00. The first-order valence-electron chi connectivity index (χ1n) is 23.8. The minimum absolute atomic E-state index is 0.0785. The van der Waals surface area contributed by atoms with Gasteiger partial charge in [0.25, 0.3) is 0 Å². The first kappa shape index (κ1) is 64.7. The maximum atomic E-state index is 10.5. The maximum Gasteiger partial charge on any atom is 0.186 e. The molecular formula is C42H78N2O23S5. The van der Waals surface area contributed by atoms with Gasteiger partial charge in [-0.3, -0.25) is 0 Å². The molecule has 0 saturated carbocycles. The topological polar surface area (TPSA) is 401 Å². The number of ether oxygens (including phenoxy) is 8. The monoisotopic (exact) mass is 1140 g/mol. The predicted molar refractivity (Wildman–Crippen MR) is 267 cm³/mol. The van der Waals surface area contributed by atoms with Crippen LogP contribution in [0.2, 0.25) is 0 Å². The van der Waals surface area contributed by atoms with Crippen LogP contribution in [0.3, 0.4) is 0 Å². The number of methoxy groups -OCH3 is 1. The molecule has 4 saturated heterocycles. The molecule has 30 heteroatoms. The molecule has 0 aromatic carbocycles. The van der Waals surface area contributed by atoms with E-state index in [1.165, 1.54) is 54.2 Å². The number of hydrogen-bond donors (Lipinski definition) is 17. The van der Waals surface area contributed by atoms with Crippen LogP contribution in [0.15, 0.2) is 0 Å². The van der Waals surface area contributed by atoms with Gasteiger partial charge in [-0.2, -0.15) is 11.8 Å². The van der Waals surface area contributed by atoms with Gasteiger partial charge in [0.05, 0.1) is 51.2 Å². The van der Waals surface area contributed by atoms with Crippen LogP contribution in [-0.2, 0) is 37.9 Å². The molecule has 0 radical (unpaired) electrons. The number of aliphatic hydroxyl groups is 15. The fourth-order valence-electron chi connectivity index (χ4n) is 7.86. The van der Waals surface area contributed by atoms with Gasteiger partial charge in [0.2, 0.25) is 0 Å². The summed E-state index contributed by atoms with van der Waals surface area (Å²) < 4.78 is 46.2. The number of hydrogen-bond acceptors (Lipinski definition) is 28. The standard InChI is InChI=1S/C42H78N2O23S5/c1-60-37-33(56)29(52)28(51)24(64-37)16-69-12-5-43-41(68)44-17-42(18-61-6-2-9-70-38-34(57)30(53)25(48)21(13-45)65-38,19-62-7-3-10-71-39-35(58)31(54)26(49)22(14-46)66-39)20-63-8-4-11-72-40-36(59)32(55)27(50)23(15-47)67-40/h21-40,45-59H,2-20H2,1H3,(H2,43,44,68)/t21-,22-,23-,24-,25-,26-,27-,28-,29+,30+,31+,32+,33-,34-,35+,36+,37+,38+,39-,40-/m1/s1. The van der Waals surface area contributed by atoms with Crippen molar-refractivity contribution in [3.05, 3.63) is 0 Å². The number of thiocarbonyl (C=S) groups is 1. The van der Waals surface area contributed by atoms with Gasteiger partial charge in [0.15, 0.2) is 11.4 Å². The van der Waals surface area contributed by atoms with Crippen LogP contribution in [0.1, 0.15) is 19.3 Å². The SMILES string of the molecule is CO[C@H]1O[C@H](CSCCNC(=S)NCC(COCCCS[C@H]2O[C@H](CO)[C@@H](O)[C@H](O)[C@@H]2O)(COCCCS[C@H]2O[C@H](CO)[C@@H](O)[C@H](O)[C@@H]2O)COCCCS[C@@H]2O[C@H](CO)[C@@H](O)[C@H](O)[C@H]2O)[C@@H](O)[C@H](O)[C@H]1O. The zero-order valence-corrected chi connectivity index (χ0v) is 44.1. The average molecular weight is 1140 g/mol. The fraction of sp³-hybridized carbons (Fsp3) is 0.976. The number of rotatable bonds is 32. The highest BCUT2D eigenvalue weighted by Crippen LogP contribution is 2.32. The van der Waals surface area contributed by atoms with E-state index >= 15 is 0 Å². The van der Waals surface area contributed by atoms with E-state index in [9.17, 15) is 76.6 Å². The molecule has 4 heterocycles. The van der Waals surface area contributed by atoms with E-state index in [0.29, 0.717) is 48.8 Å². The van der Waals surface area contributed by atoms with Crippen molar-refractivity contribution in [3.8, 4) is 0 Å². The van der Waals surface area contributed by atoms with Gasteiger partial charge in [-0.1, -0.05) is 0 Å². The minimum Gasteiger partial charge on any atom is -0.394 e. The van der Waals surface area contributed by atoms with Crippen LogP contribution in [0.4, 0.5) is 0 Å². The van der Waals surface area contributed by atoms with Gasteiger partial charge in [-0.05, 0) is 48.7 Å². The van der Waals surface area contributed by atoms with Gasteiger partial charge in [-0.15, -0.1) is 35.3 Å². The first-order valence-corrected chi connectivity index (χ1v) is 28.5. The zero-order valence-electron chi connectivity index (χ0n) is 40.0. The quantitative estimate of drug-likeness (QED) is 0.0220. The molecule has 4 rings (SSSR count). The second-order valence-corrected chi connectivity index (χ2v) is 23.0. The maximum absolute atomic E-state index is 10.5. The minimum atomic E-state index is -1.50. The Bertz CT molecular complexity index is 1380. The fourth-order valence-corrected chi connectivity index (χ4v) is 12.2. The Hall–Kier alpha value is 0.170. The zero-order chi connectivity index (χ0) is 53.0. The van der Waals surface area contributed by atoms with Gasteiger partial charge in [-0.25, -0.2) is 0 Å². The average Bonchev–Trinajstić information content (AvgIpc) is 3.38. The summed E-state index contributed by atoms with van der Waals surface area (Å²) in [4.78, 5) is 0. The molecule has 424 valence electrons.